The van der Waals surface area contributed by atoms with Gasteiger partial charge in [0, 0.05) is 18.3 Å². The Hall–Kier alpha value is -1.27. The molecular formula is C14H21BrN2O3. The summed E-state index contributed by atoms with van der Waals surface area (Å²) < 4.78 is 5.99. The van der Waals surface area contributed by atoms with Crippen molar-refractivity contribution in [3.63, 3.8) is 0 Å². The van der Waals surface area contributed by atoms with E-state index in [1.807, 2.05) is 13.0 Å². The van der Waals surface area contributed by atoms with Crippen LogP contribution in [0.4, 0.5) is 10.5 Å². The van der Waals surface area contributed by atoms with Crippen molar-refractivity contribution in [1.82, 2.24) is 5.32 Å². The van der Waals surface area contributed by atoms with E-state index in [1.54, 1.807) is 26.2 Å². The van der Waals surface area contributed by atoms with Gasteiger partial charge in [-0.1, -0.05) is 6.92 Å². The summed E-state index contributed by atoms with van der Waals surface area (Å²) in [6, 6.07) is 5.06. The maximum atomic E-state index is 11.7. The minimum absolute atomic E-state index is 0.222. The molecule has 0 aliphatic rings. The zero-order chi connectivity index (χ0) is 15.1. The number of urea groups is 1. The van der Waals surface area contributed by atoms with Gasteiger partial charge in [0.15, 0.2) is 0 Å². The quantitative estimate of drug-likeness (QED) is 0.742. The van der Waals surface area contributed by atoms with Gasteiger partial charge in [0.1, 0.15) is 5.75 Å². The number of anilines is 1. The highest BCUT2D eigenvalue weighted by molar-refractivity contribution is 9.10. The first kappa shape index (κ1) is 16.8. The Morgan fingerprint density at radius 1 is 1.45 bits per heavy atom. The van der Waals surface area contributed by atoms with Crippen LogP contribution in [0.1, 0.15) is 20.3 Å². The van der Waals surface area contributed by atoms with E-state index in [9.17, 15) is 9.90 Å². The number of ether oxygens (including phenoxy) is 1. The number of halogens is 1. The van der Waals surface area contributed by atoms with E-state index in [2.05, 4.69) is 26.6 Å². The van der Waals surface area contributed by atoms with E-state index in [4.69, 9.17) is 4.74 Å². The highest BCUT2D eigenvalue weighted by Gasteiger charge is 2.09. The molecule has 20 heavy (non-hydrogen) atoms. The van der Waals surface area contributed by atoms with E-state index in [1.165, 1.54) is 0 Å². The van der Waals surface area contributed by atoms with Gasteiger partial charge in [0.25, 0.3) is 0 Å². The van der Waals surface area contributed by atoms with E-state index < -0.39 is 0 Å². The molecule has 2 atom stereocenters. The number of methoxy groups -OCH3 is 1. The average Bonchev–Trinajstić information content (AvgIpc) is 2.38. The highest BCUT2D eigenvalue weighted by atomic mass is 79.9. The smallest absolute Gasteiger partial charge is 0.319 e. The third kappa shape index (κ3) is 5.79. The number of nitrogens with one attached hydrogen (secondary N) is 2. The minimum Gasteiger partial charge on any atom is -0.495 e. The Morgan fingerprint density at radius 2 is 2.15 bits per heavy atom. The van der Waals surface area contributed by atoms with Crippen LogP contribution in [-0.4, -0.2) is 30.9 Å². The van der Waals surface area contributed by atoms with E-state index in [0.29, 0.717) is 24.4 Å². The van der Waals surface area contributed by atoms with Gasteiger partial charge in [-0.3, -0.25) is 0 Å². The van der Waals surface area contributed by atoms with Gasteiger partial charge in [0.2, 0.25) is 0 Å². The summed E-state index contributed by atoms with van der Waals surface area (Å²) in [7, 11) is 1.57. The maximum Gasteiger partial charge on any atom is 0.319 e. The Kier molecular flexibility index (Phi) is 6.81. The molecule has 0 heterocycles. The normalized spacial score (nSPS) is 13.4. The van der Waals surface area contributed by atoms with Crippen molar-refractivity contribution >= 4 is 27.6 Å². The number of carbonyl (C=O) groups is 1. The lowest BCUT2D eigenvalue weighted by Crippen LogP contribution is -2.33. The molecular weight excluding hydrogens is 324 g/mol. The van der Waals surface area contributed by atoms with Gasteiger partial charge in [-0.05, 0) is 47.3 Å². The maximum absolute atomic E-state index is 11.7. The summed E-state index contributed by atoms with van der Waals surface area (Å²) in [5.41, 5.74) is 0.658. The van der Waals surface area contributed by atoms with Crippen LogP contribution in [0.25, 0.3) is 0 Å². The number of amides is 2. The second-order valence-electron chi connectivity index (χ2n) is 4.87. The topological polar surface area (TPSA) is 70.6 Å². The van der Waals surface area contributed by atoms with E-state index in [-0.39, 0.29) is 18.1 Å². The molecule has 1 aromatic rings. The van der Waals surface area contributed by atoms with Crippen LogP contribution in [0.2, 0.25) is 0 Å². The number of carbonyl (C=O) groups excluding carboxylic acids is 1. The largest absolute Gasteiger partial charge is 0.495 e. The predicted octanol–water partition coefficient (Wildman–Crippen LogP) is 2.99. The van der Waals surface area contributed by atoms with Gasteiger partial charge in [-0.15, -0.1) is 0 Å². The molecule has 0 radical (unpaired) electrons. The summed E-state index contributed by atoms with van der Waals surface area (Å²) in [4.78, 5) is 11.7. The van der Waals surface area contributed by atoms with E-state index in [0.717, 1.165) is 4.47 Å². The molecule has 0 saturated heterocycles. The predicted molar refractivity (Wildman–Crippen MR) is 83.2 cm³/mol. The molecule has 0 aliphatic carbocycles. The molecule has 3 N–H and O–H groups in total. The average molecular weight is 345 g/mol. The Labute approximate surface area is 127 Å². The van der Waals surface area contributed by atoms with Crippen LogP contribution in [0.3, 0.4) is 0 Å². The molecule has 0 spiro atoms. The van der Waals surface area contributed by atoms with Crippen molar-refractivity contribution < 1.29 is 14.6 Å². The zero-order valence-electron chi connectivity index (χ0n) is 11.9. The van der Waals surface area contributed by atoms with Gasteiger partial charge in [-0.2, -0.15) is 0 Å². The van der Waals surface area contributed by atoms with Gasteiger partial charge < -0.3 is 20.5 Å². The van der Waals surface area contributed by atoms with E-state index >= 15 is 0 Å². The van der Waals surface area contributed by atoms with Crippen LogP contribution in [-0.2, 0) is 0 Å². The first-order chi connectivity index (χ1) is 9.42. The number of aliphatic hydroxyl groups excluding tert-OH is 1. The van der Waals surface area contributed by atoms with Gasteiger partial charge in [-0.25, -0.2) is 4.79 Å². The fourth-order valence-corrected chi connectivity index (χ4v) is 2.25. The van der Waals surface area contributed by atoms with Crippen LogP contribution < -0.4 is 15.4 Å². The summed E-state index contributed by atoms with van der Waals surface area (Å²) in [5, 5.41) is 14.8. The molecule has 2 unspecified atom stereocenters. The molecule has 2 amide bonds. The van der Waals surface area contributed by atoms with Crippen LogP contribution in [0.15, 0.2) is 22.7 Å². The third-order valence-electron chi connectivity index (χ3n) is 2.76. The van der Waals surface area contributed by atoms with Crippen LogP contribution >= 0.6 is 15.9 Å². The molecule has 0 saturated carbocycles. The Bertz CT molecular complexity index is 452. The van der Waals surface area contributed by atoms with Gasteiger partial charge in [0.05, 0.1) is 17.7 Å². The molecule has 6 heteroatoms. The Morgan fingerprint density at radius 3 is 2.75 bits per heavy atom. The zero-order valence-corrected chi connectivity index (χ0v) is 13.5. The molecule has 112 valence electrons. The summed E-state index contributed by atoms with van der Waals surface area (Å²) in [6.07, 6.45) is 0.303. The first-order valence-corrected chi connectivity index (χ1v) is 7.28. The highest BCUT2D eigenvalue weighted by Crippen LogP contribution is 2.27. The number of rotatable bonds is 6. The fraction of sp³-hybridized carbons (Fsp3) is 0.500. The van der Waals surface area contributed by atoms with Crippen molar-refractivity contribution in [3.05, 3.63) is 22.7 Å². The SMILES string of the molecule is COc1cc(NC(=O)NCC(C)CC(C)O)ccc1Br. The molecule has 5 nitrogen and oxygen atoms in total. The first-order valence-electron chi connectivity index (χ1n) is 6.48. The lowest BCUT2D eigenvalue weighted by atomic mass is 10.1. The lowest BCUT2D eigenvalue weighted by molar-refractivity contribution is 0.163. The molecule has 1 rings (SSSR count). The standard InChI is InChI=1S/C14H21BrN2O3/c1-9(6-10(2)18)8-16-14(19)17-11-4-5-12(15)13(7-11)20-3/h4-5,7,9-10,18H,6,8H2,1-3H3,(H2,16,17,19). The van der Waals surface area contributed by atoms with Crippen LogP contribution in [0, 0.1) is 5.92 Å². The molecule has 0 fully saturated rings. The summed E-state index contributed by atoms with van der Waals surface area (Å²) >= 11 is 3.35. The fourth-order valence-electron chi connectivity index (χ4n) is 1.85. The molecule has 0 bridgehead atoms. The molecule has 0 aliphatic heterocycles. The number of hydrogen-bond acceptors (Lipinski definition) is 3. The minimum atomic E-state index is -0.356. The van der Waals surface area contributed by atoms with Crippen molar-refractivity contribution in [2.45, 2.75) is 26.4 Å². The number of hydrogen-bond donors (Lipinski definition) is 3. The van der Waals surface area contributed by atoms with Gasteiger partial charge >= 0.3 is 6.03 Å². The van der Waals surface area contributed by atoms with Crippen molar-refractivity contribution in [2.24, 2.45) is 5.92 Å². The second kappa shape index (κ2) is 8.11. The number of aliphatic hydroxyl groups is 1. The monoisotopic (exact) mass is 344 g/mol. The summed E-state index contributed by atoms with van der Waals surface area (Å²) in [5.74, 6) is 0.880. The lowest BCUT2D eigenvalue weighted by Gasteiger charge is -2.15. The van der Waals surface area contributed by atoms with Crippen molar-refractivity contribution in [1.29, 1.82) is 0 Å². The van der Waals surface area contributed by atoms with Crippen LogP contribution in [0.5, 0.6) is 5.75 Å². The molecule has 0 aromatic heterocycles. The van der Waals surface area contributed by atoms with Crippen molar-refractivity contribution in [3.8, 4) is 5.75 Å². The second-order valence-corrected chi connectivity index (χ2v) is 5.73. The Balaban J connectivity index is 2.46. The van der Waals surface area contributed by atoms with Crippen molar-refractivity contribution in [2.75, 3.05) is 19.0 Å². The number of benzene rings is 1. The molecule has 1 aromatic carbocycles. The third-order valence-corrected chi connectivity index (χ3v) is 3.42. The summed E-state index contributed by atoms with van der Waals surface area (Å²) in [6.45, 7) is 4.24.